The Bertz CT molecular complexity index is 3110. The van der Waals surface area contributed by atoms with Crippen molar-refractivity contribution in [1.29, 1.82) is 0 Å². The summed E-state index contributed by atoms with van der Waals surface area (Å²) in [6, 6.07) is 82.0. The van der Waals surface area contributed by atoms with E-state index in [0.29, 0.717) is 0 Å². The first kappa shape index (κ1) is 32.9. The van der Waals surface area contributed by atoms with Crippen molar-refractivity contribution in [3.63, 3.8) is 0 Å². The third-order valence-electron chi connectivity index (χ3n) is 11.6. The normalized spacial score (nSPS) is 11.5. The Morgan fingerprint density at radius 1 is 0.193 bits per heavy atom. The summed E-state index contributed by atoms with van der Waals surface area (Å²) in [7, 11) is 0. The molecule has 1 nitrogen and oxygen atoms in total. The molecule has 0 bridgehead atoms. The quantitative estimate of drug-likeness (QED) is 0.154. The van der Waals surface area contributed by atoms with Crippen molar-refractivity contribution in [2.45, 2.75) is 0 Å². The standard InChI is InChI=1S/C56H37N/c1-3-11-43-35-45(19-17-38(43)9-1)40-21-28-48(29-22-40)57(49-30-23-41(24-31-49)46-20-18-39-10-2-4-12-44(39)36-46)50-32-25-42(26-33-50)47-27-34-55-53-15-6-5-13-51(53)52-14-7-8-16-54(52)56(55)37-47/h1-37H. The van der Waals surface area contributed by atoms with Crippen LogP contribution in [0.5, 0.6) is 0 Å². The Balaban J connectivity index is 0.982. The predicted octanol–water partition coefficient (Wildman–Crippen LogP) is 15.9. The van der Waals surface area contributed by atoms with Gasteiger partial charge in [-0.3, -0.25) is 0 Å². The molecule has 266 valence electrons. The Hall–Kier alpha value is -7.48. The van der Waals surface area contributed by atoms with Crippen LogP contribution >= 0.6 is 0 Å². The van der Waals surface area contributed by atoms with Gasteiger partial charge < -0.3 is 4.90 Å². The van der Waals surface area contributed by atoms with E-state index in [9.17, 15) is 0 Å². The molecule has 1 heteroatoms. The minimum atomic E-state index is 1.10. The molecule has 0 saturated heterocycles. The summed E-state index contributed by atoms with van der Waals surface area (Å²) in [6.07, 6.45) is 0. The number of hydrogen-bond donors (Lipinski definition) is 0. The van der Waals surface area contributed by atoms with Gasteiger partial charge in [0.15, 0.2) is 0 Å². The molecule has 0 radical (unpaired) electrons. The largest absolute Gasteiger partial charge is 0.311 e. The highest BCUT2D eigenvalue weighted by molar-refractivity contribution is 6.25. The molecule has 0 saturated carbocycles. The highest BCUT2D eigenvalue weighted by Gasteiger charge is 2.15. The van der Waals surface area contributed by atoms with E-state index in [1.165, 1.54) is 87.2 Å². The maximum atomic E-state index is 2.37. The first-order valence-corrected chi connectivity index (χ1v) is 19.7. The van der Waals surface area contributed by atoms with Crippen molar-refractivity contribution in [3.05, 3.63) is 224 Å². The summed E-state index contributed by atoms with van der Waals surface area (Å²) in [4.78, 5) is 2.36. The molecule has 0 heterocycles. The smallest absolute Gasteiger partial charge is 0.0462 e. The van der Waals surface area contributed by atoms with Crippen molar-refractivity contribution in [2.75, 3.05) is 4.90 Å². The van der Waals surface area contributed by atoms with Gasteiger partial charge in [-0.15, -0.1) is 0 Å². The highest BCUT2D eigenvalue weighted by atomic mass is 15.1. The van der Waals surface area contributed by atoms with Crippen molar-refractivity contribution in [1.82, 2.24) is 0 Å². The summed E-state index contributed by atoms with van der Waals surface area (Å²) in [6.45, 7) is 0. The van der Waals surface area contributed by atoms with E-state index in [0.717, 1.165) is 17.1 Å². The van der Waals surface area contributed by atoms with Crippen LogP contribution in [-0.2, 0) is 0 Å². The lowest BCUT2D eigenvalue weighted by Gasteiger charge is -2.26. The molecule has 0 spiro atoms. The number of benzene rings is 11. The van der Waals surface area contributed by atoms with Gasteiger partial charge in [0.05, 0.1) is 0 Å². The van der Waals surface area contributed by atoms with Crippen LogP contribution in [0.25, 0.3) is 87.2 Å². The Morgan fingerprint density at radius 3 is 0.912 bits per heavy atom. The van der Waals surface area contributed by atoms with E-state index >= 15 is 0 Å². The van der Waals surface area contributed by atoms with Crippen LogP contribution < -0.4 is 4.90 Å². The summed E-state index contributed by atoms with van der Waals surface area (Å²) in [5, 5.41) is 12.8. The molecule has 0 unspecified atom stereocenters. The zero-order valence-electron chi connectivity index (χ0n) is 31.3. The molecule has 57 heavy (non-hydrogen) atoms. The minimum absolute atomic E-state index is 1.10. The zero-order valence-corrected chi connectivity index (χ0v) is 31.3. The number of rotatable bonds is 6. The molecular weight excluding hydrogens is 687 g/mol. The second kappa shape index (κ2) is 13.7. The van der Waals surface area contributed by atoms with E-state index in [2.05, 4.69) is 229 Å². The second-order valence-corrected chi connectivity index (χ2v) is 15.0. The lowest BCUT2D eigenvalue weighted by molar-refractivity contribution is 1.28. The lowest BCUT2D eigenvalue weighted by atomic mass is 9.92. The van der Waals surface area contributed by atoms with Gasteiger partial charge in [-0.25, -0.2) is 0 Å². The molecule has 0 aliphatic heterocycles. The van der Waals surface area contributed by atoms with Crippen molar-refractivity contribution < 1.29 is 0 Å². The average molecular weight is 724 g/mol. The molecule has 0 aliphatic rings. The number of nitrogens with zero attached hydrogens (tertiary/aromatic N) is 1. The summed E-state index contributed by atoms with van der Waals surface area (Å²) >= 11 is 0. The van der Waals surface area contributed by atoms with Gasteiger partial charge in [0.25, 0.3) is 0 Å². The molecule has 0 fully saturated rings. The fourth-order valence-corrected chi connectivity index (χ4v) is 8.68. The Labute approximate surface area is 332 Å². The van der Waals surface area contributed by atoms with Crippen LogP contribution in [0.3, 0.4) is 0 Å². The molecule has 0 atom stereocenters. The van der Waals surface area contributed by atoms with Crippen LogP contribution in [0, 0.1) is 0 Å². The Morgan fingerprint density at radius 2 is 0.491 bits per heavy atom. The molecular formula is C56H37N. The molecule has 11 aromatic carbocycles. The fourth-order valence-electron chi connectivity index (χ4n) is 8.68. The van der Waals surface area contributed by atoms with Gasteiger partial charge in [-0.05, 0) is 142 Å². The zero-order chi connectivity index (χ0) is 37.7. The summed E-state index contributed by atoms with van der Waals surface area (Å²) < 4.78 is 0. The van der Waals surface area contributed by atoms with Gasteiger partial charge in [0.1, 0.15) is 0 Å². The molecule has 11 rings (SSSR count). The van der Waals surface area contributed by atoms with Crippen LogP contribution in [0.15, 0.2) is 224 Å². The number of hydrogen-bond acceptors (Lipinski definition) is 1. The van der Waals surface area contributed by atoms with Gasteiger partial charge >= 0.3 is 0 Å². The fraction of sp³-hybridized carbons (Fsp3) is 0. The van der Waals surface area contributed by atoms with E-state index in [-0.39, 0.29) is 0 Å². The molecule has 0 aliphatic carbocycles. The van der Waals surface area contributed by atoms with Gasteiger partial charge in [0, 0.05) is 17.1 Å². The first-order valence-electron chi connectivity index (χ1n) is 19.7. The number of anilines is 3. The van der Waals surface area contributed by atoms with Crippen LogP contribution in [0.4, 0.5) is 17.1 Å². The van der Waals surface area contributed by atoms with Gasteiger partial charge in [-0.2, -0.15) is 0 Å². The minimum Gasteiger partial charge on any atom is -0.311 e. The van der Waals surface area contributed by atoms with Crippen LogP contribution in [0.2, 0.25) is 0 Å². The molecule has 0 amide bonds. The summed E-state index contributed by atoms with van der Waals surface area (Å²) in [5.74, 6) is 0. The van der Waals surface area contributed by atoms with E-state index in [4.69, 9.17) is 0 Å². The maximum absolute atomic E-state index is 2.37. The van der Waals surface area contributed by atoms with E-state index in [1.54, 1.807) is 0 Å². The highest BCUT2D eigenvalue weighted by Crippen LogP contribution is 2.40. The van der Waals surface area contributed by atoms with E-state index in [1.807, 2.05) is 0 Å². The number of fused-ring (bicyclic) bond motifs is 8. The van der Waals surface area contributed by atoms with Crippen molar-refractivity contribution >= 4 is 70.9 Å². The molecule has 0 aromatic heterocycles. The van der Waals surface area contributed by atoms with Gasteiger partial charge in [-0.1, -0.05) is 170 Å². The van der Waals surface area contributed by atoms with Crippen molar-refractivity contribution in [2.24, 2.45) is 0 Å². The maximum Gasteiger partial charge on any atom is 0.0462 e. The third kappa shape index (κ3) is 5.89. The predicted molar refractivity (Wildman–Crippen MR) is 245 cm³/mol. The van der Waals surface area contributed by atoms with E-state index < -0.39 is 0 Å². The van der Waals surface area contributed by atoms with Crippen LogP contribution in [0.1, 0.15) is 0 Å². The van der Waals surface area contributed by atoms with Crippen LogP contribution in [-0.4, -0.2) is 0 Å². The lowest BCUT2D eigenvalue weighted by Crippen LogP contribution is -2.09. The van der Waals surface area contributed by atoms with Crippen molar-refractivity contribution in [3.8, 4) is 33.4 Å². The molecule has 0 N–H and O–H groups in total. The monoisotopic (exact) mass is 723 g/mol. The average Bonchev–Trinajstić information content (AvgIpc) is 3.29. The topological polar surface area (TPSA) is 3.24 Å². The third-order valence-corrected chi connectivity index (χ3v) is 11.6. The molecule has 11 aromatic rings. The SMILES string of the molecule is c1ccc2cc(-c3ccc(N(c4ccc(-c5ccc6ccccc6c5)cc4)c4ccc(-c5ccc6c7ccccc7c7ccccc7c6c5)cc4)cc3)ccc2c1. The Kier molecular flexibility index (Phi) is 7.89. The first-order chi connectivity index (χ1) is 28.2. The summed E-state index contributed by atoms with van der Waals surface area (Å²) in [5.41, 5.74) is 10.5. The van der Waals surface area contributed by atoms with Gasteiger partial charge in [0.2, 0.25) is 0 Å². The second-order valence-electron chi connectivity index (χ2n) is 15.0.